The summed E-state index contributed by atoms with van der Waals surface area (Å²) in [6.45, 7) is 11.7. The van der Waals surface area contributed by atoms with Crippen LogP contribution in [0.5, 0.6) is 0 Å². The maximum atomic E-state index is 12.2. The summed E-state index contributed by atoms with van der Waals surface area (Å²) >= 11 is 0. The Kier molecular flexibility index (Phi) is 4.71. The van der Waals surface area contributed by atoms with Gasteiger partial charge in [-0.1, -0.05) is 40.5 Å². The molecule has 1 heteroatoms. The van der Waals surface area contributed by atoms with E-state index in [0.29, 0.717) is 22.5 Å². The Bertz CT molecular complexity index is 455. The molecule has 0 bridgehead atoms. The molecule has 3 aliphatic rings. The molecule has 7 atom stereocenters. The van der Waals surface area contributed by atoms with Crippen LogP contribution in [0.25, 0.3) is 0 Å². The van der Waals surface area contributed by atoms with E-state index in [-0.39, 0.29) is 0 Å². The van der Waals surface area contributed by atoms with Crippen molar-refractivity contribution in [3.8, 4) is 0 Å². The van der Waals surface area contributed by atoms with Crippen molar-refractivity contribution in [3.63, 3.8) is 0 Å². The van der Waals surface area contributed by atoms with Gasteiger partial charge in [0.25, 0.3) is 0 Å². The summed E-state index contributed by atoms with van der Waals surface area (Å²) in [6, 6.07) is 0. The zero-order valence-corrected chi connectivity index (χ0v) is 16.2. The van der Waals surface area contributed by atoms with Crippen molar-refractivity contribution in [2.45, 2.75) is 92.4 Å². The SMILES string of the molecule is CCCC1(C)C(CC)CCC2C1CCC1(C)C(C(C)=O)CCC21. The average molecular weight is 319 g/mol. The largest absolute Gasteiger partial charge is 0.300 e. The number of Topliss-reactive ketones (excluding diaryl/α,β-unsaturated/α-hetero) is 1. The Morgan fingerprint density at radius 2 is 1.74 bits per heavy atom. The van der Waals surface area contributed by atoms with Gasteiger partial charge >= 0.3 is 0 Å². The Labute approximate surface area is 144 Å². The summed E-state index contributed by atoms with van der Waals surface area (Å²) in [4.78, 5) is 12.2. The van der Waals surface area contributed by atoms with E-state index in [2.05, 4.69) is 27.7 Å². The van der Waals surface area contributed by atoms with Crippen LogP contribution in [0.2, 0.25) is 0 Å². The van der Waals surface area contributed by atoms with Crippen molar-refractivity contribution in [2.75, 3.05) is 0 Å². The highest BCUT2D eigenvalue weighted by Gasteiger charge is 2.59. The minimum Gasteiger partial charge on any atom is -0.300 e. The van der Waals surface area contributed by atoms with E-state index in [9.17, 15) is 4.79 Å². The predicted octanol–water partition coefficient (Wildman–Crippen LogP) is 6.26. The minimum absolute atomic E-state index is 0.319. The van der Waals surface area contributed by atoms with E-state index < -0.39 is 0 Å². The summed E-state index contributed by atoms with van der Waals surface area (Å²) in [6.07, 6.45) is 12.1. The molecule has 0 aromatic heterocycles. The first-order chi connectivity index (χ1) is 10.9. The molecule has 0 amide bonds. The fourth-order valence-corrected chi connectivity index (χ4v) is 7.80. The lowest BCUT2D eigenvalue weighted by Gasteiger charge is -2.59. The highest BCUT2D eigenvalue weighted by molar-refractivity contribution is 5.79. The van der Waals surface area contributed by atoms with E-state index >= 15 is 0 Å². The molecule has 3 saturated carbocycles. The number of hydrogen-bond donors (Lipinski definition) is 0. The maximum Gasteiger partial charge on any atom is 0.133 e. The van der Waals surface area contributed by atoms with Crippen LogP contribution in [0, 0.1) is 40.4 Å². The normalized spacial score (nSPS) is 49.5. The van der Waals surface area contributed by atoms with Crippen LogP contribution in [-0.4, -0.2) is 5.78 Å². The highest BCUT2D eigenvalue weighted by Crippen LogP contribution is 2.66. The van der Waals surface area contributed by atoms with E-state index in [1.54, 1.807) is 0 Å². The average Bonchev–Trinajstić information content (AvgIpc) is 2.85. The lowest BCUT2D eigenvalue weighted by Crippen LogP contribution is -2.52. The highest BCUT2D eigenvalue weighted by atomic mass is 16.1. The van der Waals surface area contributed by atoms with Crippen molar-refractivity contribution in [3.05, 3.63) is 0 Å². The molecule has 0 aliphatic heterocycles. The summed E-state index contributed by atoms with van der Waals surface area (Å²) in [5.41, 5.74) is 0.876. The number of rotatable bonds is 4. The molecule has 7 unspecified atom stereocenters. The number of hydrogen-bond acceptors (Lipinski definition) is 1. The van der Waals surface area contributed by atoms with E-state index in [1.807, 2.05) is 6.92 Å². The third-order valence-electron chi connectivity index (χ3n) is 8.84. The van der Waals surface area contributed by atoms with Crippen LogP contribution >= 0.6 is 0 Å². The Balaban J connectivity index is 1.89. The topological polar surface area (TPSA) is 17.1 Å². The molecule has 3 rings (SSSR count). The number of fused-ring (bicyclic) bond motifs is 3. The van der Waals surface area contributed by atoms with Gasteiger partial charge in [0.15, 0.2) is 0 Å². The first kappa shape index (κ1) is 17.5. The molecule has 23 heavy (non-hydrogen) atoms. The molecular weight excluding hydrogens is 280 g/mol. The zero-order chi connectivity index (χ0) is 16.8. The third-order valence-corrected chi connectivity index (χ3v) is 8.84. The monoisotopic (exact) mass is 318 g/mol. The van der Waals surface area contributed by atoms with Gasteiger partial charge in [-0.05, 0) is 86.4 Å². The molecule has 0 saturated heterocycles. The predicted molar refractivity (Wildman–Crippen MR) is 97.2 cm³/mol. The molecule has 0 aromatic carbocycles. The molecule has 0 spiro atoms. The fourth-order valence-electron chi connectivity index (χ4n) is 7.80. The van der Waals surface area contributed by atoms with Gasteiger partial charge in [0.1, 0.15) is 5.78 Å². The van der Waals surface area contributed by atoms with Gasteiger partial charge in [-0.25, -0.2) is 0 Å². The van der Waals surface area contributed by atoms with Crippen LogP contribution in [-0.2, 0) is 4.79 Å². The van der Waals surface area contributed by atoms with E-state index in [4.69, 9.17) is 0 Å². The summed E-state index contributed by atoms with van der Waals surface area (Å²) in [5.74, 6) is 4.39. The van der Waals surface area contributed by atoms with Gasteiger partial charge in [-0.15, -0.1) is 0 Å². The molecule has 132 valence electrons. The van der Waals surface area contributed by atoms with Crippen LogP contribution in [0.15, 0.2) is 0 Å². The maximum absolute atomic E-state index is 12.2. The van der Waals surface area contributed by atoms with Gasteiger partial charge in [-0.2, -0.15) is 0 Å². The third kappa shape index (κ3) is 2.52. The molecule has 3 fully saturated rings. The summed E-state index contributed by atoms with van der Waals surface area (Å²) < 4.78 is 0. The van der Waals surface area contributed by atoms with Gasteiger partial charge in [0, 0.05) is 5.92 Å². The van der Waals surface area contributed by atoms with Crippen molar-refractivity contribution < 1.29 is 4.79 Å². The van der Waals surface area contributed by atoms with Crippen LogP contribution in [0.4, 0.5) is 0 Å². The molecule has 1 nitrogen and oxygen atoms in total. The molecule has 0 heterocycles. The summed E-state index contributed by atoms with van der Waals surface area (Å²) in [5, 5.41) is 0. The first-order valence-corrected chi connectivity index (χ1v) is 10.4. The van der Waals surface area contributed by atoms with Gasteiger partial charge in [-0.3, -0.25) is 4.79 Å². The second-order valence-electron chi connectivity index (χ2n) is 9.60. The fraction of sp³-hybridized carbons (Fsp3) is 0.955. The van der Waals surface area contributed by atoms with Crippen LogP contribution < -0.4 is 0 Å². The second kappa shape index (κ2) is 6.19. The first-order valence-electron chi connectivity index (χ1n) is 10.4. The minimum atomic E-state index is 0.319. The lowest BCUT2D eigenvalue weighted by atomic mass is 9.46. The number of carbonyl (C=O) groups is 1. The van der Waals surface area contributed by atoms with Crippen molar-refractivity contribution in [1.82, 2.24) is 0 Å². The molecular formula is C22H38O. The number of ketones is 1. The van der Waals surface area contributed by atoms with Gasteiger partial charge in [0.05, 0.1) is 0 Å². The Morgan fingerprint density at radius 1 is 1.00 bits per heavy atom. The van der Waals surface area contributed by atoms with Gasteiger partial charge in [0.2, 0.25) is 0 Å². The Hall–Kier alpha value is -0.330. The lowest BCUT2D eigenvalue weighted by molar-refractivity contribution is -0.131. The molecule has 0 N–H and O–H groups in total. The Morgan fingerprint density at radius 3 is 2.35 bits per heavy atom. The van der Waals surface area contributed by atoms with Gasteiger partial charge < -0.3 is 0 Å². The second-order valence-corrected chi connectivity index (χ2v) is 9.60. The zero-order valence-electron chi connectivity index (χ0n) is 16.2. The van der Waals surface area contributed by atoms with E-state index in [0.717, 1.165) is 23.7 Å². The molecule has 3 aliphatic carbocycles. The quantitative estimate of drug-likeness (QED) is 0.598. The van der Waals surface area contributed by atoms with Crippen LogP contribution in [0.1, 0.15) is 92.4 Å². The standard InChI is InChI=1S/C22H38O/c1-6-13-21(4)16(7-2)8-9-17-19-11-10-18(15(3)23)22(19,5)14-12-20(17)21/h16-20H,6-14H2,1-5H3. The summed E-state index contributed by atoms with van der Waals surface area (Å²) in [7, 11) is 0. The van der Waals surface area contributed by atoms with E-state index in [1.165, 1.54) is 57.8 Å². The van der Waals surface area contributed by atoms with Crippen molar-refractivity contribution >= 4 is 5.78 Å². The molecule has 0 radical (unpaired) electrons. The van der Waals surface area contributed by atoms with Crippen molar-refractivity contribution in [2.24, 2.45) is 40.4 Å². The van der Waals surface area contributed by atoms with Crippen molar-refractivity contribution in [1.29, 1.82) is 0 Å². The molecule has 0 aromatic rings. The smallest absolute Gasteiger partial charge is 0.133 e. The van der Waals surface area contributed by atoms with Crippen LogP contribution in [0.3, 0.4) is 0 Å². The number of carbonyl (C=O) groups excluding carboxylic acids is 1.